The van der Waals surface area contributed by atoms with Gasteiger partial charge in [0.1, 0.15) is 5.82 Å². The third kappa shape index (κ3) is 4.05. The van der Waals surface area contributed by atoms with Crippen LogP contribution in [-0.4, -0.2) is 23.5 Å². The monoisotopic (exact) mass is 279 g/mol. The number of rotatable bonds is 6. The molecule has 1 unspecified atom stereocenters. The summed E-state index contributed by atoms with van der Waals surface area (Å²) in [5, 5.41) is 11.7. The van der Waals surface area contributed by atoms with Crippen LogP contribution in [0.4, 0.5) is 4.39 Å². The Hall–Kier alpha value is -1.91. The lowest BCUT2D eigenvalue weighted by molar-refractivity contribution is -0.141. The van der Waals surface area contributed by atoms with E-state index < -0.39 is 23.6 Å². The molecule has 0 heterocycles. The third-order valence-electron chi connectivity index (χ3n) is 3.48. The zero-order valence-corrected chi connectivity index (χ0v) is 11.4. The Bertz CT molecular complexity index is 506. The molecule has 0 aliphatic heterocycles. The largest absolute Gasteiger partial charge is 0.481 e. The lowest BCUT2D eigenvalue weighted by Gasteiger charge is -2.13. The molecule has 1 fully saturated rings. The van der Waals surface area contributed by atoms with Crippen molar-refractivity contribution in [3.05, 3.63) is 35.1 Å². The van der Waals surface area contributed by atoms with Crippen LogP contribution in [-0.2, 0) is 4.79 Å². The molecule has 1 atom stereocenters. The second-order valence-electron chi connectivity index (χ2n) is 5.44. The van der Waals surface area contributed by atoms with Crippen LogP contribution in [0.5, 0.6) is 0 Å². The van der Waals surface area contributed by atoms with E-state index in [1.807, 2.05) is 0 Å². The summed E-state index contributed by atoms with van der Waals surface area (Å²) in [5.41, 5.74) is 0.876. The molecule has 20 heavy (non-hydrogen) atoms. The predicted octanol–water partition coefficient (Wildman–Crippen LogP) is 2.36. The molecule has 108 valence electrons. The summed E-state index contributed by atoms with van der Waals surface area (Å²) < 4.78 is 13.2. The quantitative estimate of drug-likeness (QED) is 0.840. The van der Waals surface area contributed by atoms with Crippen molar-refractivity contribution < 1.29 is 19.1 Å². The first-order valence-corrected chi connectivity index (χ1v) is 6.74. The summed E-state index contributed by atoms with van der Waals surface area (Å²) in [6.07, 6.45) is 2.74. The van der Waals surface area contributed by atoms with Gasteiger partial charge >= 0.3 is 5.97 Å². The number of hydrogen-bond acceptors (Lipinski definition) is 2. The van der Waals surface area contributed by atoms with Gasteiger partial charge < -0.3 is 10.4 Å². The van der Waals surface area contributed by atoms with Gasteiger partial charge in [-0.3, -0.25) is 9.59 Å². The minimum Gasteiger partial charge on any atom is -0.481 e. The van der Waals surface area contributed by atoms with Gasteiger partial charge in [0.2, 0.25) is 0 Å². The summed E-state index contributed by atoms with van der Waals surface area (Å²) in [7, 11) is 0. The summed E-state index contributed by atoms with van der Waals surface area (Å²) in [4.78, 5) is 23.0. The van der Waals surface area contributed by atoms with E-state index in [2.05, 4.69) is 5.32 Å². The van der Waals surface area contributed by atoms with Gasteiger partial charge in [0, 0.05) is 12.1 Å². The first-order chi connectivity index (χ1) is 9.45. The molecule has 1 aliphatic carbocycles. The molecule has 2 N–H and O–H groups in total. The van der Waals surface area contributed by atoms with Crippen molar-refractivity contribution in [2.24, 2.45) is 11.8 Å². The Labute approximate surface area is 117 Å². The van der Waals surface area contributed by atoms with E-state index in [9.17, 15) is 14.0 Å². The van der Waals surface area contributed by atoms with Crippen molar-refractivity contribution in [1.29, 1.82) is 0 Å². The summed E-state index contributed by atoms with van der Waals surface area (Å²) in [5.74, 6) is -1.89. The summed E-state index contributed by atoms with van der Waals surface area (Å²) in [6, 6.07) is 4.07. The Morgan fingerprint density at radius 3 is 2.65 bits per heavy atom. The van der Waals surface area contributed by atoms with Gasteiger partial charge in [0.25, 0.3) is 5.91 Å². The SMILES string of the molecule is Cc1cc(F)cc(C(=O)NCC(CC2CC2)C(=O)O)c1. The van der Waals surface area contributed by atoms with Crippen LogP contribution in [0.2, 0.25) is 0 Å². The van der Waals surface area contributed by atoms with Crippen LogP contribution in [0, 0.1) is 24.6 Å². The van der Waals surface area contributed by atoms with Crippen molar-refractivity contribution in [3.63, 3.8) is 0 Å². The van der Waals surface area contributed by atoms with Gasteiger partial charge in [-0.05, 0) is 43.0 Å². The number of carbonyl (C=O) groups is 2. The Morgan fingerprint density at radius 2 is 2.10 bits per heavy atom. The number of halogens is 1. The van der Waals surface area contributed by atoms with E-state index in [0.29, 0.717) is 17.9 Å². The fraction of sp³-hybridized carbons (Fsp3) is 0.467. The van der Waals surface area contributed by atoms with Crippen molar-refractivity contribution in [2.45, 2.75) is 26.2 Å². The summed E-state index contributed by atoms with van der Waals surface area (Å²) >= 11 is 0. The minimum absolute atomic E-state index is 0.0836. The molecule has 1 amide bonds. The van der Waals surface area contributed by atoms with Gasteiger partial charge in [-0.2, -0.15) is 0 Å². The number of carbonyl (C=O) groups excluding carboxylic acids is 1. The maximum absolute atomic E-state index is 13.2. The molecule has 0 saturated heterocycles. The normalized spacial score (nSPS) is 15.7. The fourth-order valence-electron chi connectivity index (χ4n) is 2.21. The number of hydrogen-bond donors (Lipinski definition) is 2. The topological polar surface area (TPSA) is 66.4 Å². The second-order valence-corrected chi connectivity index (χ2v) is 5.44. The average molecular weight is 279 g/mol. The summed E-state index contributed by atoms with van der Waals surface area (Å²) in [6.45, 7) is 1.78. The molecule has 4 nitrogen and oxygen atoms in total. The number of aryl methyl sites for hydroxylation is 1. The lowest BCUT2D eigenvalue weighted by Crippen LogP contribution is -2.33. The molecule has 0 spiro atoms. The number of amides is 1. The first kappa shape index (κ1) is 14.5. The smallest absolute Gasteiger partial charge is 0.308 e. The molecule has 5 heteroatoms. The molecule has 1 saturated carbocycles. The van der Waals surface area contributed by atoms with Crippen LogP contribution in [0.15, 0.2) is 18.2 Å². The zero-order valence-electron chi connectivity index (χ0n) is 11.4. The molecule has 1 aliphatic rings. The Morgan fingerprint density at radius 1 is 1.40 bits per heavy atom. The molecule has 0 bridgehead atoms. The highest BCUT2D eigenvalue weighted by atomic mass is 19.1. The molecular weight excluding hydrogens is 261 g/mol. The van der Waals surface area contributed by atoms with Gasteiger partial charge in [0.15, 0.2) is 0 Å². The van der Waals surface area contributed by atoms with E-state index in [1.165, 1.54) is 6.07 Å². The predicted molar refractivity (Wildman–Crippen MR) is 71.9 cm³/mol. The van der Waals surface area contributed by atoms with Gasteiger partial charge in [-0.1, -0.05) is 12.8 Å². The van der Waals surface area contributed by atoms with Crippen LogP contribution >= 0.6 is 0 Å². The minimum atomic E-state index is -0.896. The average Bonchev–Trinajstić information content (AvgIpc) is 3.16. The van der Waals surface area contributed by atoms with Crippen LogP contribution in [0.3, 0.4) is 0 Å². The Balaban J connectivity index is 1.94. The molecule has 1 aromatic rings. The lowest BCUT2D eigenvalue weighted by atomic mass is 10.0. The van der Waals surface area contributed by atoms with Crippen LogP contribution in [0.1, 0.15) is 35.2 Å². The molecule has 2 rings (SSSR count). The number of aliphatic carboxylic acids is 1. The van der Waals surface area contributed by atoms with E-state index >= 15 is 0 Å². The maximum Gasteiger partial charge on any atom is 0.308 e. The van der Waals surface area contributed by atoms with Crippen LogP contribution < -0.4 is 5.32 Å². The highest BCUT2D eigenvalue weighted by molar-refractivity contribution is 5.94. The Kier molecular flexibility index (Phi) is 4.37. The van der Waals surface area contributed by atoms with E-state index in [4.69, 9.17) is 5.11 Å². The fourth-order valence-corrected chi connectivity index (χ4v) is 2.21. The van der Waals surface area contributed by atoms with Crippen molar-refractivity contribution in [1.82, 2.24) is 5.32 Å². The molecule has 1 aromatic carbocycles. The second kappa shape index (κ2) is 6.03. The molecule has 0 aromatic heterocycles. The van der Waals surface area contributed by atoms with Crippen LogP contribution in [0.25, 0.3) is 0 Å². The maximum atomic E-state index is 13.2. The number of carboxylic acid groups (broad SMARTS) is 1. The third-order valence-corrected chi connectivity index (χ3v) is 3.48. The number of nitrogens with one attached hydrogen (secondary N) is 1. The van der Waals surface area contributed by atoms with Gasteiger partial charge in [-0.15, -0.1) is 0 Å². The molecule has 0 radical (unpaired) electrons. The van der Waals surface area contributed by atoms with E-state index in [0.717, 1.165) is 18.9 Å². The van der Waals surface area contributed by atoms with Crippen molar-refractivity contribution in [3.8, 4) is 0 Å². The highest BCUT2D eigenvalue weighted by Crippen LogP contribution is 2.35. The number of carboxylic acids is 1. The standard InChI is InChI=1S/C15H18FNO3/c1-9-4-11(7-13(16)5-9)14(18)17-8-12(15(19)20)6-10-2-3-10/h4-5,7,10,12H,2-3,6,8H2,1H3,(H,17,18)(H,19,20). The first-order valence-electron chi connectivity index (χ1n) is 6.74. The van der Waals surface area contributed by atoms with Gasteiger partial charge in [0.05, 0.1) is 5.92 Å². The number of benzene rings is 1. The molecular formula is C15H18FNO3. The van der Waals surface area contributed by atoms with Crippen molar-refractivity contribution >= 4 is 11.9 Å². The highest BCUT2D eigenvalue weighted by Gasteiger charge is 2.29. The van der Waals surface area contributed by atoms with E-state index in [-0.39, 0.29) is 12.1 Å². The van der Waals surface area contributed by atoms with Gasteiger partial charge in [-0.25, -0.2) is 4.39 Å². The zero-order chi connectivity index (χ0) is 14.7. The van der Waals surface area contributed by atoms with E-state index in [1.54, 1.807) is 13.0 Å². The van der Waals surface area contributed by atoms with Crippen molar-refractivity contribution in [2.75, 3.05) is 6.54 Å².